The number of esters is 1. The van der Waals surface area contributed by atoms with E-state index >= 15 is 0 Å². The van der Waals surface area contributed by atoms with E-state index in [1.807, 2.05) is 12.1 Å². The number of aromatic nitrogens is 2. The van der Waals surface area contributed by atoms with Crippen LogP contribution in [0.5, 0.6) is 5.75 Å². The Bertz CT molecular complexity index is 1090. The second-order valence-corrected chi connectivity index (χ2v) is 11.4. The van der Waals surface area contributed by atoms with Gasteiger partial charge in [-0.3, -0.25) is 4.84 Å². The van der Waals surface area contributed by atoms with Crippen molar-refractivity contribution in [2.75, 3.05) is 19.6 Å². The summed E-state index contributed by atoms with van der Waals surface area (Å²) in [6, 6.07) is 6.07. The maximum atomic E-state index is 12.9. The molecule has 3 heterocycles. The van der Waals surface area contributed by atoms with Crippen LogP contribution < -0.4 is 26.4 Å². The van der Waals surface area contributed by atoms with Crippen molar-refractivity contribution in [3.63, 3.8) is 0 Å². The van der Waals surface area contributed by atoms with Gasteiger partial charge in [-0.1, -0.05) is 6.07 Å². The van der Waals surface area contributed by atoms with Crippen LogP contribution in [0.1, 0.15) is 46.1 Å². The first kappa shape index (κ1) is 27.5. The second-order valence-electron chi connectivity index (χ2n) is 11.4. The first-order chi connectivity index (χ1) is 17.5. The zero-order chi connectivity index (χ0) is 26.8. The third-order valence-electron chi connectivity index (χ3n) is 7.19. The summed E-state index contributed by atoms with van der Waals surface area (Å²) in [5.41, 5.74) is 6.77. The van der Waals surface area contributed by atoms with Gasteiger partial charge in [-0.15, -0.1) is 4.68 Å². The third-order valence-corrected chi connectivity index (χ3v) is 7.19. The smallest absolute Gasteiger partial charge is 0.344 e. The highest BCUT2D eigenvalue weighted by molar-refractivity contribution is 5.80. The van der Waals surface area contributed by atoms with E-state index in [1.54, 1.807) is 27.7 Å². The van der Waals surface area contributed by atoms with Crippen LogP contribution in [0.4, 0.5) is 0 Å². The van der Waals surface area contributed by atoms with Crippen LogP contribution in [0, 0.1) is 5.92 Å². The maximum absolute atomic E-state index is 12.9. The van der Waals surface area contributed by atoms with Gasteiger partial charge in [0.25, 0.3) is 0 Å². The first-order valence-electron chi connectivity index (χ1n) is 13.1. The van der Waals surface area contributed by atoms with Gasteiger partial charge in [-0.25, -0.2) is 10.7 Å². The average molecular weight is 517 g/mol. The second kappa shape index (κ2) is 11.1. The number of nitrogens with one attached hydrogen (secondary N) is 1. The molecule has 0 radical (unpaired) electrons. The fraction of sp³-hybridized carbons (Fsp3) is 0.630. The van der Waals surface area contributed by atoms with E-state index < -0.39 is 29.4 Å². The van der Waals surface area contributed by atoms with Gasteiger partial charge in [0.2, 0.25) is 11.8 Å². The third kappa shape index (κ3) is 6.32. The molecule has 0 amide bonds. The lowest BCUT2D eigenvalue weighted by Crippen LogP contribution is -2.56. The van der Waals surface area contributed by atoms with Gasteiger partial charge in [-0.2, -0.15) is 4.68 Å². The number of fused-ring (bicyclic) bond motifs is 1. The fourth-order valence-electron chi connectivity index (χ4n) is 4.98. The zero-order valence-corrected chi connectivity index (χ0v) is 22.4. The van der Waals surface area contributed by atoms with Crippen LogP contribution in [0.3, 0.4) is 0 Å². The van der Waals surface area contributed by atoms with Crippen LogP contribution >= 0.6 is 0 Å². The monoisotopic (exact) mass is 516 g/mol. The van der Waals surface area contributed by atoms with Gasteiger partial charge >= 0.3 is 5.97 Å². The summed E-state index contributed by atoms with van der Waals surface area (Å²) >= 11 is 0. The van der Waals surface area contributed by atoms with E-state index in [1.165, 1.54) is 0 Å². The molecule has 4 atom stereocenters. The van der Waals surface area contributed by atoms with Crippen molar-refractivity contribution in [3.05, 3.63) is 36.2 Å². The van der Waals surface area contributed by atoms with Gasteiger partial charge < -0.3 is 25.6 Å². The van der Waals surface area contributed by atoms with Crippen LogP contribution in [-0.2, 0) is 33.9 Å². The molecule has 0 spiro atoms. The van der Waals surface area contributed by atoms with Crippen molar-refractivity contribution >= 4 is 5.97 Å². The number of carbonyl (C=O) groups is 1. The molecule has 37 heavy (non-hydrogen) atoms. The number of ether oxygens (including phenoxy) is 2. The van der Waals surface area contributed by atoms with Crippen LogP contribution in [0.25, 0.3) is 11.1 Å². The Labute approximate surface area is 218 Å². The molecule has 10 nitrogen and oxygen atoms in total. The quantitative estimate of drug-likeness (QED) is 0.221. The van der Waals surface area contributed by atoms with Crippen molar-refractivity contribution in [2.24, 2.45) is 17.5 Å². The molecule has 10 heteroatoms. The summed E-state index contributed by atoms with van der Waals surface area (Å²) in [6.07, 6.45) is 5.42. The molecule has 6 N–H and O–H groups in total. The molecule has 1 aromatic heterocycles. The summed E-state index contributed by atoms with van der Waals surface area (Å²) in [7, 11) is 0. The van der Waals surface area contributed by atoms with Gasteiger partial charge in [0, 0.05) is 6.54 Å². The summed E-state index contributed by atoms with van der Waals surface area (Å²) in [4.78, 5) is 18.0. The Morgan fingerprint density at radius 2 is 2.08 bits per heavy atom. The Balaban J connectivity index is 1.55. The number of nitrogens with zero attached hydrogens (tertiary/aromatic N) is 2. The Hall–Kier alpha value is -2.50. The number of hydrogen-bond donors (Lipinski definition) is 4. The molecule has 1 saturated heterocycles. The zero-order valence-electron chi connectivity index (χ0n) is 22.4. The van der Waals surface area contributed by atoms with E-state index in [2.05, 4.69) is 33.1 Å². The first-order valence-corrected chi connectivity index (χ1v) is 13.1. The molecule has 2 aliphatic rings. The van der Waals surface area contributed by atoms with Crippen LogP contribution in [-0.4, -0.2) is 58.8 Å². The van der Waals surface area contributed by atoms with Crippen molar-refractivity contribution in [2.45, 2.75) is 83.5 Å². The van der Waals surface area contributed by atoms with Crippen molar-refractivity contribution in [1.29, 1.82) is 0 Å². The topological polar surface area (TPSA) is 138 Å². The van der Waals surface area contributed by atoms with E-state index in [9.17, 15) is 9.90 Å². The van der Waals surface area contributed by atoms with E-state index in [-0.39, 0.29) is 6.54 Å². The molecule has 0 aliphatic carbocycles. The van der Waals surface area contributed by atoms with Gasteiger partial charge in [0.05, 0.1) is 18.3 Å². The molecule has 0 saturated carbocycles. The van der Waals surface area contributed by atoms with Gasteiger partial charge in [-0.05, 0) is 89.2 Å². The highest BCUT2D eigenvalue weighted by atomic mass is 16.7. The SMILES string of the molecule is CC(C)(C)OC(=O)[C@@](C)(ON)[C@H]1CCc2cc(-c3cn(C[C@@H]4CCNC4)[n+](C[C@@H](O)CN)c3)ccc2O1. The maximum Gasteiger partial charge on any atom is 0.344 e. The molecule has 0 unspecified atom stereocenters. The average Bonchev–Trinajstić information content (AvgIpc) is 3.52. The largest absolute Gasteiger partial charge is 0.486 e. The summed E-state index contributed by atoms with van der Waals surface area (Å²) in [5, 5.41) is 13.6. The molecule has 1 fully saturated rings. The fourth-order valence-corrected chi connectivity index (χ4v) is 4.98. The van der Waals surface area contributed by atoms with Crippen LogP contribution in [0.15, 0.2) is 30.6 Å². The van der Waals surface area contributed by atoms with Crippen molar-refractivity contribution in [1.82, 2.24) is 10.00 Å². The van der Waals surface area contributed by atoms with Gasteiger partial charge in [0.15, 0.2) is 6.54 Å². The van der Waals surface area contributed by atoms with E-state index in [0.29, 0.717) is 31.1 Å². The molecular weight excluding hydrogens is 474 g/mol. The minimum atomic E-state index is -1.43. The lowest BCUT2D eigenvalue weighted by atomic mass is 9.89. The molecule has 204 valence electrons. The lowest BCUT2D eigenvalue weighted by Gasteiger charge is -2.38. The predicted octanol–water partition coefficient (Wildman–Crippen LogP) is 1.06. The Morgan fingerprint density at radius 1 is 1.30 bits per heavy atom. The number of rotatable bonds is 9. The number of carbonyl (C=O) groups excluding carboxylic acids is 1. The van der Waals surface area contributed by atoms with E-state index in [4.69, 9.17) is 25.9 Å². The molecular formula is C27H42N5O5+. The van der Waals surface area contributed by atoms with Gasteiger partial charge in [0.1, 0.15) is 23.6 Å². The number of hydrogen-bond acceptors (Lipinski definition) is 8. The Kier molecular flexibility index (Phi) is 8.25. The minimum absolute atomic E-state index is 0.213. The number of aliphatic hydroxyl groups excluding tert-OH is 1. The number of nitrogens with two attached hydrogens (primary N) is 2. The number of aryl methyl sites for hydroxylation is 1. The highest BCUT2D eigenvalue weighted by Gasteiger charge is 2.48. The van der Waals surface area contributed by atoms with Crippen LogP contribution in [0.2, 0.25) is 0 Å². The minimum Gasteiger partial charge on any atom is -0.486 e. The molecule has 1 aromatic carbocycles. The molecule has 0 bridgehead atoms. The van der Waals surface area contributed by atoms with E-state index in [0.717, 1.165) is 42.7 Å². The molecule has 2 aliphatic heterocycles. The number of aliphatic hydroxyl groups is 1. The lowest BCUT2D eigenvalue weighted by molar-refractivity contribution is -0.780. The summed E-state index contributed by atoms with van der Waals surface area (Å²) in [5.74, 6) is 6.29. The standard InChI is InChI=1S/C27H42N5O5/c1-26(2,3)36-25(34)27(4,37-29)24-8-6-20-11-19(5-7-23(20)35-24)21-15-31(14-18-9-10-30-13-18)32(16-21)17-22(33)12-28/h5,7,11,15-16,18,22,24,30,33H,6,8-10,12-14,17,28-29H2,1-4H3/q+1/t18-,22+,24-,27+/m1/s1. The molecule has 2 aromatic rings. The van der Waals surface area contributed by atoms with Crippen molar-refractivity contribution < 1.29 is 28.9 Å². The predicted molar refractivity (Wildman–Crippen MR) is 138 cm³/mol. The molecule has 4 rings (SSSR count). The number of benzene rings is 1. The highest BCUT2D eigenvalue weighted by Crippen LogP contribution is 2.36. The summed E-state index contributed by atoms with van der Waals surface area (Å²) in [6.45, 7) is 10.6. The summed E-state index contributed by atoms with van der Waals surface area (Å²) < 4.78 is 16.0. The normalized spacial score (nSPS) is 22.1. The Morgan fingerprint density at radius 3 is 2.73 bits per heavy atom. The van der Waals surface area contributed by atoms with Crippen molar-refractivity contribution in [3.8, 4) is 16.9 Å².